The number of rotatable bonds is 4. The summed E-state index contributed by atoms with van der Waals surface area (Å²) in [5.74, 6) is 0.829. The van der Waals surface area contributed by atoms with Gasteiger partial charge in [-0.3, -0.25) is 4.79 Å². The van der Waals surface area contributed by atoms with E-state index in [2.05, 4.69) is 6.92 Å². The molecule has 2 saturated carbocycles. The lowest BCUT2D eigenvalue weighted by Gasteiger charge is -2.28. The number of carbonyl (C=O) groups excluding carboxylic acids is 1. The minimum absolute atomic E-state index is 0.134. The van der Waals surface area contributed by atoms with Gasteiger partial charge in [-0.05, 0) is 38.5 Å². The summed E-state index contributed by atoms with van der Waals surface area (Å²) in [7, 11) is 1.88. The van der Waals surface area contributed by atoms with Crippen molar-refractivity contribution in [2.45, 2.75) is 38.6 Å². The Balaban J connectivity index is 2.04. The second-order valence-corrected chi connectivity index (χ2v) is 5.38. The molecule has 2 rings (SSSR count). The van der Waals surface area contributed by atoms with E-state index in [1.54, 1.807) is 0 Å². The van der Waals surface area contributed by atoms with Crippen LogP contribution in [0.3, 0.4) is 0 Å². The van der Waals surface area contributed by atoms with E-state index in [9.17, 15) is 4.79 Å². The van der Waals surface area contributed by atoms with Gasteiger partial charge in [-0.25, -0.2) is 0 Å². The number of thiocarbonyl (C=S) groups is 1. The molecule has 1 amide bonds. The molecule has 0 aromatic rings. The monoisotopic (exact) mass is 226 g/mol. The van der Waals surface area contributed by atoms with Crippen LogP contribution in [0.5, 0.6) is 0 Å². The highest BCUT2D eigenvalue weighted by molar-refractivity contribution is 7.80. The van der Waals surface area contributed by atoms with Gasteiger partial charge in [0.2, 0.25) is 5.91 Å². The number of nitrogens with zero attached hydrogens (tertiary/aromatic N) is 1. The number of hydrogen-bond donors (Lipinski definition) is 1. The van der Waals surface area contributed by atoms with Crippen molar-refractivity contribution in [2.24, 2.45) is 17.1 Å². The highest BCUT2D eigenvalue weighted by atomic mass is 32.1. The fourth-order valence-corrected chi connectivity index (χ4v) is 2.40. The first-order chi connectivity index (χ1) is 6.99. The molecule has 0 aromatic carbocycles. The summed E-state index contributed by atoms with van der Waals surface area (Å²) in [6, 6.07) is 0.337. The molecule has 1 unspecified atom stereocenters. The van der Waals surface area contributed by atoms with Gasteiger partial charge in [-0.1, -0.05) is 12.2 Å². The van der Waals surface area contributed by atoms with Crippen molar-refractivity contribution in [3.63, 3.8) is 0 Å². The maximum Gasteiger partial charge on any atom is 0.235 e. The Labute approximate surface area is 96.0 Å². The van der Waals surface area contributed by atoms with Gasteiger partial charge in [0.05, 0.1) is 10.4 Å². The first-order valence-electron chi connectivity index (χ1n) is 5.56. The molecule has 4 heteroatoms. The molecule has 0 spiro atoms. The van der Waals surface area contributed by atoms with Crippen LogP contribution in [-0.4, -0.2) is 28.9 Å². The van der Waals surface area contributed by atoms with Crippen LogP contribution in [0.15, 0.2) is 0 Å². The Kier molecular flexibility index (Phi) is 2.49. The molecule has 2 aliphatic rings. The molecular formula is C11H18N2OS. The molecule has 2 fully saturated rings. The quantitative estimate of drug-likeness (QED) is 0.735. The normalized spacial score (nSPS) is 24.4. The van der Waals surface area contributed by atoms with Crippen molar-refractivity contribution in [2.75, 3.05) is 7.05 Å². The van der Waals surface area contributed by atoms with E-state index in [1.165, 1.54) is 12.8 Å². The summed E-state index contributed by atoms with van der Waals surface area (Å²) in [6.07, 6.45) is 4.17. The van der Waals surface area contributed by atoms with Crippen molar-refractivity contribution in [1.29, 1.82) is 0 Å². The van der Waals surface area contributed by atoms with Gasteiger partial charge in [0.1, 0.15) is 0 Å². The topological polar surface area (TPSA) is 46.3 Å². The van der Waals surface area contributed by atoms with Crippen LogP contribution in [0.25, 0.3) is 0 Å². The third-order valence-electron chi connectivity index (χ3n) is 3.87. The number of carbonyl (C=O) groups is 1. The molecular weight excluding hydrogens is 208 g/mol. The van der Waals surface area contributed by atoms with E-state index in [4.69, 9.17) is 18.0 Å². The zero-order chi connectivity index (χ0) is 11.2. The van der Waals surface area contributed by atoms with E-state index in [-0.39, 0.29) is 5.91 Å². The summed E-state index contributed by atoms with van der Waals surface area (Å²) in [6.45, 7) is 2.12. The summed E-state index contributed by atoms with van der Waals surface area (Å²) >= 11 is 4.99. The second kappa shape index (κ2) is 3.44. The van der Waals surface area contributed by atoms with E-state index in [0.29, 0.717) is 16.9 Å². The first-order valence-corrected chi connectivity index (χ1v) is 5.97. The van der Waals surface area contributed by atoms with E-state index in [0.717, 1.165) is 12.8 Å². The Morgan fingerprint density at radius 3 is 2.40 bits per heavy atom. The van der Waals surface area contributed by atoms with Gasteiger partial charge in [0.15, 0.2) is 0 Å². The molecule has 0 aliphatic heterocycles. The number of hydrogen-bond acceptors (Lipinski definition) is 2. The molecule has 1 atom stereocenters. The van der Waals surface area contributed by atoms with Crippen molar-refractivity contribution < 1.29 is 4.79 Å². The van der Waals surface area contributed by atoms with Gasteiger partial charge in [0, 0.05) is 13.1 Å². The van der Waals surface area contributed by atoms with Crippen molar-refractivity contribution >= 4 is 23.1 Å². The smallest absolute Gasteiger partial charge is 0.235 e. The average Bonchev–Trinajstić information content (AvgIpc) is 3.05. The molecule has 0 bridgehead atoms. The minimum Gasteiger partial charge on any atom is -0.392 e. The van der Waals surface area contributed by atoms with Crippen LogP contribution in [0.2, 0.25) is 0 Å². The fraction of sp³-hybridized carbons (Fsp3) is 0.818. The van der Waals surface area contributed by atoms with Gasteiger partial charge < -0.3 is 10.6 Å². The maximum atomic E-state index is 12.2. The van der Waals surface area contributed by atoms with Crippen molar-refractivity contribution in [1.82, 2.24) is 4.90 Å². The molecule has 0 saturated heterocycles. The summed E-state index contributed by atoms with van der Waals surface area (Å²) in [5, 5.41) is 0. The van der Waals surface area contributed by atoms with Crippen LogP contribution >= 0.6 is 12.2 Å². The van der Waals surface area contributed by atoms with Crippen LogP contribution < -0.4 is 5.73 Å². The highest BCUT2D eigenvalue weighted by Gasteiger charge is 2.55. The highest BCUT2D eigenvalue weighted by Crippen LogP contribution is 2.48. The Morgan fingerprint density at radius 2 is 2.07 bits per heavy atom. The molecule has 0 heterocycles. The molecule has 84 valence electrons. The number of amides is 1. The zero-order valence-electron chi connectivity index (χ0n) is 9.32. The van der Waals surface area contributed by atoms with E-state index in [1.807, 2.05) is 11.9 Å². The lowest BCUT2D eigenvalue weighted by Crippen LogP contribution is -2.45. The number of nitrogens with two attached hydrogens (primary N) is 1. The third-order valence-corrected chi connectivity index (χ3v) is 4.26. The van der Waals surface area contributed by atoms with Gasteiger partial charge in [-0.15, -0.1) is 0 Å². The van der Waals surface area contributed by atoms with Gasteiger partial charge in [0.25, 0.3) is 0 Å². The predicted molar refractivity (Wildman–Crippen MR) is 63.4 cm³/mol. The molecule has 2 aliphatic carbocycles. The fourth-order valence-electron chi connectivity index (χ4n) is 2.11. The zero-order valence-corrected chi connectivity index (χ0v) is 10.1. The van der Waals surface area contributed by atoms with Crippen LogP contribution in [0, 0.1) is 11.3 Å². The molecule has 2 N–H and O–H groups in total. The van der Waals surface area contributed by atoms with Crippen LogP contribution in [0.4, 0.5) is 0 Å². The lowest BCUT2D eigenvalue weighted by atomic mass is 10.0. The Morgan fingerprint density at radius 1 is 1.53 bits per heavy atom. The summed E-state index contributed by atoms with van der Waals surface area (Å²) in [5.41, 5.74) is 5.17. The largest absolute Gasteiger partial charge is 0.392 e. The van der Waals surface area contributed by atoms with Gasteiger partial charge >= 0.3 is 0 Å². The predicted octanol–water partition coefficient (Wildman–Crippen LogP) is 1.31. The maximum absolute atomic E-state index is 12.2. The standard InChI is InChI=1S/C11H18N2OS/c1-7(8-3-4-8)13(2)10(14)11(5-6-11)9(12)15/h7-8H,3-6H2,1-2H3,(H2,12,15). The van der Waals surface area contributed by atoms with Crippen molar-refractivity contribution in [3.05, 3.63) is 0 Å². The summed E-state index contributed by atoms with van der Waals surface area (Å²) < 4.78 is 0. The lowest BCUT2D eigenvalue weighted by molar-refractivity contribution is -0.135. The van der Waals surface area contributed by atoms with Crippen LogP contribution in [-0.2, 0) is 4.79 Å². The molecule has 15 heavy (non-hydrogen) atoms. The molecule has 3 nitrogen and oxygen atoms in total. The van der Waals surface area contributed by atoms with Gasteiger partial charge in [-0.2, -0.15) is 0 Å². The molecule has 0 aromatic heterocycles. The summed E-state index contributed by atoms with van der Waals surface area (Å²) in [4.78, 5) is 14.4. The third kappa shape index (κ3) is 1.75. The Hall–Kier alpha value is -0.640. The van der Waals surface area contributed by atoms with Crippen molar-refractivity contribution in [3.8, 4) is 0 Å². The van der Waals surface area contributed by atoms with E-state index >= 15 is 0 Å². The second-order valence-electron chi connectivity index (χ2n) is 4.94. The van der Waals surface area contributed by atoms with Crippen LogP contribution in [0.1, 0.15) is 32.6 Å². The average molecular weight is 226 g/mol. The Bertz CT molecular complexity index is 308. The van der Waals surface area contributed by atoms with E-state index < -0.39 is 5.41 Å². The molecule has 0 radical (unpaired) electrons. The minimum atomic E-state index is -0.479. The first kappa shape index (κ1) is 10.9. The SMILES string of the molecule is CC(C1CC1)N(C)C(=O)C1(C(N)=S)CC1.